The van der Waals surface area contributed by atoms with Crippen LogP contribution in [0.3, 0.4) is 0 Å². The Bertz CT molecular complexity index is 125. The van der Waals surface area contributed by atoms with Crippen LogP contribution in [-0.4, -0.2) is 21.3 Å². The lowest BCUT2D eigenvalue weighted by atomic mass is 9.99. The van der Waals surface area contributed by atoms with E-state index in [-0.39, 0.29) is 0 Å². The number of hydrogen-bond donors (Lipinski definition) is 3. The average molecular weight is 158 g/mol. The van der Waals surface area contributed by atoms with Crippen molar-refractivity contribution in [3.63, 3.8) is 0 Å². The van der Waals surface area contributed by atoms with E-state index >= 15 is 0 Å². The highest BCUT2D eigenvalue weighted by Gasteiger charge is 2.29. The molecular formula is C8H14O3. The second-order valence-electron chi connectivity index (χ2n) is 2.43. The maximum atomic E-state index is 8.76. The molecule has 0 bridgehead atoms. The topological polar surface area (TPSA) is 60.7 Å². The highest BCUT2D eigenvalue weighted by atomic mass is 16.7. The SMILES string of the molecule is C=CCC(CC=C)C(O)(O)O. The molecule has 0 rings (SSSR count). The van der Waals surface area contributed by atoms with E-state index in [0.717, 1.165) is 0 Å². The van der Waals surface area contributed by atoms with Gasteiger partial charge < -0.3 is 15.3 Å². The van der Waals surface area contributed by atoms with Gasteiger partial charge in [-0.15, -0.1) is 13.2 Å². The third-order valence-electron chi connectivity index (χ3n) is 1.45. The first kappa shape index (κ1) is 10.4. The molecule has 3 heteroatoms. The summed E-state index contributed by atoms with van der Waals surface area (Å²) in [4.78, 5) is 0. The summed E-state index contributed by atoms with van der Waals surface area (Å²) in [6.45, 7) is 6.86. The van der Waals surface area contributed by atoms with E-state index in [1.807, 2.05) is 0 Å². The van der Waals surface area contributed by atoms with Gasteiger partial charge in [0.05, 0.1) is 0 Å². The number of allylic oxidation sites excluding steroid dienone is 2. The van der Waals surface area contributed by atoms with Crippen LogP contribution in [0, 0.1) is 5.92 Å². The summed E-state index contributed by atoms with van der Waals surface area (Å²) in [5.41, 5.74) is 0. The summed E-state index contributed by atoms with van der Waals surface area (Å²) in [6, 6.07) is 0. The van der Waals surface area contributed by atoms with E-state index < -0.39 is 11.9 Å². The Labute approximate surface area is 66.3 Å². The lowest BCUT2D eigenvalue weighted by Gasteiger charge is -2.23. The molecule has 0 aliphatic heterocycles. The van der Waals surface area contributed by atoms with Gasteiger partial charge >= 0.3 is 0 Å². The van der Waals surface area contributed by atoms with E-state index in [0.29, 0.717) is 12.8 Å². The number of aliphatic hydroxyl groups is 3. The largest absolute Gasteiger partial charge is 0.343 e. The quantitative estimate of drug-likeness (QED) is 0.400. The fraction of sp³-hybridized carbons (Fsp3) is 0.500. The van der Waals surface area contributed by atoms with Gasteiger partial charge in [-0.2, -0.15) is 0 Å². The smallest absolute Gasteiger partial charge is 0.278 e. The number of hydrogen-bond acceptors (Lipinski definition) is 3. The van der Waals surface area contributed by atoms with E-state index in [1.165, 1.54) is 12.2 Å². The van der Waals surface area contributed by atoms with Crippen LogP contribution >= 0.6 is 0 Å². The van der Waals surface area contributed by atoms with Crippen molar-refractivity contribution in [2.24, 2.45) is 5.92 Å². The minimum absolute atomic E-state index is 0.343. The van der Waals surface area contributed by atoms with E-state index in [4.69, 9.17) is 15.3 Å². The summed E-state index contributed by atoms with van der Waals surface area (Å²) in [5.74, 6) is -3.26. The third-order valence-corrected chi connectivity index (χ3v) is 1.45. The van der Waals surface area contributed by atoms with Gasteiger partial charge in [0, 0.05) is 5.92 Å². The van der Waals surface area contributed by atoms with Gasteiger partial charge in [0.15, 0.2) is 0 Å². The first-order chi connectivity index (χ1) is 5.02. The third kappa shape index (κ3) is 3.93. The zero-order valence-electron chi connectivity index (χ0n) is 6.40. The average Bonchev–Trinajstić information content (AvgIpc) is 1.85. The molecule has 0 aromatic heterocycles. The van der Waals surface area contributed by atoms with Gasteiger partial charge in [-0.25, -0.2) is 0 Å². The Morgan fingerprint density at radius 1 is 1.09 bits per heavy atom. The summed E-state index contributed by atoms with van der Waals surface area (Å²) in [6.07, 6.45) is 3.72. The maximum Gasteiger partial charge on any atom is 0.278 e. The van der Waals surface area contributed by atoms with Crippen LogP contribution in [0.25, 0.3) is 0 Å². The van der Waals surface area contributed by atoms with Crippen LogP contribution in [-0.2, 0) is 0 Å². The maximum absolute atomic E-state index is 8.76. The van der Waals surface area contributed by atoms with Gasteiger partial charge in [-0.1, -0.05) is 12.2 Å². The minimum Gasteiger partial charge on any atom is -0.343 e. The van der Waals surface area contributed by atoms with Crippen molar-refractivity contribution in [1.82, 2.24) is 0 Å². The molecule has 0 aromatic carbocycles. The molecule has 3 nitrogen and oxygen atoms in total. The van der Waals surface area contributed by atoms with Crippen LogP contribution in [0.5, 0.6) is 0 Å². The molecule has 0 spiro atoms. The molecule has 0 radical (unpaired) electrons. The molecule has 11 heavy (non-hydrogen) atoms. The highest BCUT2D eigenvalue weighted by molar-refractivity contribution is 4.82. The molecule has 0 aliphatic rings. The van der Waals surface area contributed by atoms with E-state index in [9.17, 15) is 0 Å². The zero-order chi connectivity index (χ0) is 8.91. The van der Waals surface area contributed by atoms with Crippen molar-refractivity contribution in [2.75, 3.05) is 0 Å². The van der Waals surface area contributed by atoms with Crippen LogP contribution in [0.2, 0.25) is 0 Å². The predicted molar refractivity (Wildman–Crippen MR) is 42.5 cm³/mol. The van der Waals surface area contributed by atoms with Gasteiger partial charge in [0.25, 0.3) is 5.97 Å². The molecule has 0 unspecified atom stereocenters. The van der Waals surface area contributed by atoms with Crippen molar-refractivity contribution >= 4 is 0 Å². The van der Waals surface area contributed by atoms with Crippen molar-refractivity contribution < 1.29 is 15.3 Å². The van der Waals surface area contributed by atoms with E-state index in [2.05, 4.69) is 13.2 Å². The van der Waals surface area contributed by atoms with Crippen molar-refractivity contribution in [2.45, 2.75) is 18.8 Å². The van der Waals surface area contributed by atoms with Crippen molar-refractivity contribution in [1.29, 1.82) is 0 Å². The molecule has 0 heterocycles. The fourth-order valence-electron chi connectivity index (χ4n) is 0.815. The monoisotopic (exact) mass is 158 g/mol. The van der Waals surface area contributed by atoms with Crippen LogP contribution in [0.15, 0.2) is 25.3 Å². The second kappa shape index (κ2) is 4.28. The summed E-state index contributed by atoms with van der Waals surface area (Å²) in [7, 11) is 0. The fourth-order valence-corrected chi connectivity index (χ4v) is 0.815. The molecule has 0 aromatic rings. The Kier molecular flexibility index (Phi) is 4.03. The van der Waals surface area contributed by atoms with E-state index in [1.54, 1.807) is 0 Å². The van der Waals surface area contributed by atoms with Crippen LogP contribution in [0.1, 0.15) is 12.8 Å². The predicted octanol–water partition coefficient (Wildman–Crippen LogP) is 0.385. The molecule has 0 saturated heterocycles. The highest BCUT2D eigenvalue weighted by Crippen LogP contribution is 2.19. The summed E-state index contributed by atoms with van der Waals surface area (Å²) >= 11 is 0. The molecule has 0 amide bonds. The lowest BCUT2D eigenvalue weighted by Crippen LogP contribution is -2.36. The Balaban J connectivity index is 4.08. The summed E-state index contributed by atoms with van der Waals surface area (Å²) in [5, 5.41) is 26.3. The molecule has 0 aliphatic carbocycles. The molecule has 0 atom stereocenters. The Morgan fingerprint density at radius 3 is 1.64 bits per heavy atom. The Hall–Kier alpha value is -0.640. The molecular weight excluding hydrogens is 144 g/mol. The van der Waals surface area contributed by atoms with Gasteiger partial charge in [0.1, 0.15) is 0 Å². The van der Waals surface area contributed by atoms with Gasteiger partial charge in [-0.05, 0) is 12.8 Å². The Morgan fingerprint density at radius 2 is 1.45 bits per heavy atom. The van der Waals surface area contributed by atoms with Crippen LogP contribution < -0.4 is 0 Å². The standard InChI is InChI=1S/C8H14O3/c1-3-5-7(6-4-2)8(9,10)11/h3-4,7,9-11H,1-2,5-6H2. The van der Waals surface area contributed by atoms with Crippen molar-refractivity contribution in [3.8, 4) is 0 Å². The lowest BCUT2D eigenvalue weighted by molar-refractivity contribution is -0.340. The summed E-state index contributed by atoms with van der Waals surface area (Å²) < 4.78 is 0. The molecule has 3 N–H and O–H groups in total. The molecule has 0 saturated carbocycles. The normalized spacial score (nSPS) is 11.6. The zero-order valence-corrected chi connectivity index (χ0v) is 6.40. The van der Waals surface area contributed by atoms with Gasteiger partial charge in [0.2, 0.25) is 0 Å². The first-order valence-electron chi connectivity index (χ1n) is 3.41. The minimum atomic E-state index is -2.62. The van der Waals surface area contributed by atoms with Gasteiger partial charge in [-0.3, -0.25) is 0 Å². The molecule has 64 valence electrons. The first-order valence-corrected chi connectivity index (χ1v) is 3.41. The number of rotatable bonds is 5. The van der Waals surface area contributed by atoms with Crippen molar-refractivity contribution in [3.05, 3.63) is 25.3 Å². The van der Waals surface area contributed by atoms with Crippen LogP contribution in [0.4, 0.5) is 0 Å². The molecule has 0 fully saturated rings. The second-order valence-corrected chi connectivity index (χ2v) is 2.43.